The molecule has 0 fully saturated rings. The fourth-order valence-electron chi connectivity index (χ4n) is 1.13. The standard InChI is InChI=1S/C10H5Cl2F5/c1-4(10(15,16)17)5-2-6(11)8(9(13)14)7(12)3-5/h2-3,9H,1H2. The molecule has 0 amide bonds. The predicted molar refractivity (Wildman–Crippen MR) is 56.5 cm³/mol. The number of alkyl halides is 5. The number of hydrogen-bond donors (Lipinski definition) is 0. The molecule has 7 heteroatoms. The Morgan fingerprint density at radius 2 is 1.53 bits per heavy atom. The lowest BCUT2D eigenvalue weighted by molar-refractivity contribution is -0.0686. The van der Waals surface area contributed by atoms with E-state index in [0.29, 0.717) is 0 Å². The molecule has 0 heterocycles. The van der Waals surface area contributed by atoms with Gasteiger partial charge in [-0.25, -0.2) is 8.78 Å². The molecule has 94 valence electrons. The Kier molecular flexibility index (Phi) is 4.04. The SMILES string of the molecule is C=C(c1cc(Cl)c(C(F)F)c(Cl)c1)C(F)(F)F. The molecule has 0 aromatic heterocycles. The van der Waals surface area contributed by atoms with Crippen LogP contribution in [0.3, 0.4) is 0 Å². The highest BCUT2D eigenvalue weighted by molar-refractivity contribution is 6.36. The summed E-state index contributed by atoms with van der Waals surface area (Å²) in [5.74, 6) is 0. The van der Waals surface area contributed by atoms with Crippen LogP contribution < -0.4 is 0 Å². The average Bonchev–Trinajstić information content (AvgIpc) is 2.13. The number of halogens is 7. The Bertz CT molecular complexity index is 427. The van der Waals surface area contributed by atoms with Gasteiger partial charge in [-0.1, -0.05) is 29.8 Å². The van der Waals surface area contributed by atoms with Crippen molar-refractivity contribution in [1.82, 2.24) is 0 Å². The topological polar surface area (TPSA) is 0 Å². The highest BCUT2D eigenvalue weighted by atomic mass is 35.5. The molecule has 0 bridgehead atoms. The van der Waals surface area contributed by atoms with Crippen LogP contribution in [0.5, 0.6) is 0 Å². The van der Waals surface area contributed by atoms with E-state index >= 15 is 0 Å². The third-order valence-electron chi connectivity index (χ3n) is 1.99. The van der Waals surface area contributed by atoms with Crippen molar-refractivity contribution in [2.45, 2.75) is 12.6 Å². The minimum atomic E-state index is -4.67. The van der Waals surface area contributed by atoms with Crippen LogP contribution in [-0.4, -0.2) is 6.18 Å². The van der Waals surface area contributed by atoms with Gasteiger partial charge in [0.25, 0.3) is 6.43 Å². The highest BCUT2D eigenvalue weighted by Gasteiger charge is 2.33. The number of rotatable bonds is 2. The van der Waals surface area contributed by atoms with Crippen LogP contribution >= 0.6 is 23.2 Å². The van der Waals surface area contributed by atoms with E-state index in [0.717, 1.165) is 12.1 Å². The zero-order chi connectivity index (χ0) is 13.4. The summed E-state index contributed by atoms with van der Waals surface area (Å²) < 4.78 is 61.9. The second-order valence-corrected chi connectivity index (χ2v) is 3.94. The molecule has 0 aliphatic heterocycles. The minimum absolute atomic E-state index is 0.433. The molecule has 17 heavy (non-hydrogen) atoms. The zero-order valence-electron chi connectivity index (χ0n) is 8.08. The Labute approximate surface area is 104 Å². The van der Waals surface area contributed by atoms with Crippen molar-refractivity contribution < 1.29 is 22.0 Å². The maximum absolute atomic E-state index is 12.4. The van der Waals surface area contributed by atoms with Gasteiger partial charge in [-0.2, -0.15) is 13.2 Å². The maximum atomic E-state index is 12.4. The fourth-order valence-corrected chi connectivity index (χ4v) is 1.78. The van der Waals surface area contributed by atoms with E-state index in [1.807, 2.05) is 0 Å². The normalized spacial score (nSPS) is 12.0. The molecule has 0 nitrogen and oxygen atoms in total. The van der Waals surface area contributed by atoms with Gasteiger partial charge in [0.1, 0.15) is 0 Å². The van der Waals surface area contributed by atoms with E-state index in [1.54, 1.807) is 0 Å². The van der Waals surface area contributed by atoms with E-state index < -0.39 is 39.3 Å². The first kappa shape index (κ1) is 14.3. The van der Waals surface area contributed by atoms with Crippen LogP contribution in [0.2, 0.25) is 10.0 Å². The van der Waals surface area contributed by atoms with Gasteiger partial charge in [0.2, 0.25) is 0 Å². The maximum Gasteiger partial charge on any atom is 0.416 e. The van der Waals surface area contributed by atoms with Crippen molar-refractivity contribution in [3.8, 4) is 0 Å². The summed E-state index contributed by atoms with van der Waals surface area (Å²) in [6.45, 7) is 2.82. The Balaban J connectivity index is 3.29. The minimum Gasteiger partial charge on any atom is -0.205 e. The molecule has 0 radical (unpaired) electrons. The van der Waals surface area contributed by atoms with Crippen LogP contribution in [0.4, 0.5) is 22.0 Å². The second kappa shape index (κ2) is 4.82. The van der Waals surface area contributed by atoms with Crippen LogP contribution in [0, 0.1) is 0 Å². The van der Waals surface area contributed by atoms with Gasteiger partial charge in [0, 0.05) is 0 Å². The average molecular weight is 291 g/mol. The molecular formula is C10H5Cl2F5. The van der Waals surface area contributed by atoms with Gasteiger partial charge >= 0.3 is 6.18 Å². The molecule has 0 saturated heterocycles. The molecule has 0 aliphatic rings. The monoisotopic (exact) mass is 290 g/mol. The molecule has 0 unspecified atom stereocenters. The highest BCUT2D eigenvalue weighted by Crippen LogP contribution is 2.39. The van der Waals surface area contributed by atoms with Crippen LogP contribution in [-0.2, 0) is 0 Å². The number of benzene rings is 1. The lowest BCUT2D eigenvalue weighted by Gasteiger charge is -2.13. The first-order valence-corrected chi connectivity index (χ1v) is 4.93. The molecule has 0 atom stereocenters. The predicted octanol–water partition coefficient (Wildman–Crippen LogP) is 5.51. The van der Waals surface area contributed by atoms with Gasteiger partial charge in [0.15, 0.2) is 0 Å². The molecule has 1 aromatic carbocycles. The molecule has 0 aliphatic carbocycles. The molecular weight excluding hydrogens is 286 g/mol. The van der Waals surface area contributed by atoms with Crippen molar-refractivity contribution in [2.75, 3.05) is 0 Å². The van der Waals surface area contributed by atoms with Crippen LogP contribution in [0.25, 0.3) is 5.57 Å². The Morgan fingerprint density at radius 1 is 1.12 bits per heavy atom. The summed E-state index contributed by atoms with van der Waals surface area (Å²) in [7, 11) is 0. The first-order chi connectivity index (χ1) is 7.64. The smallest absolute Gasteiger partial charge is 0.205 e. The van der Waals surface area contributed by atoms with Gasteiger partial charge < -0.3 is 0 Å². The summed E-state index contributed by atoms with van der Waals surface area (Å²) in [5.41, 5.74) is -2.31. The van der Waals surface area contributed by atoms with E-state index in [4.69, 9.17) is 23.2 Å². The fraction of sp³-hybridized carbons (Fsp3) is 0.200. The number of allylic oxidation sites excluding steroid dienone is 1. The number of hydrogen-bond acceptors (Lipinski definition) is 0. The summed E-state index contributed by atoms with van der Waals surface area (Å²) >= 11 is 10.9. The van der Waals surface area contributed by atoms with E-state index in [2.05, 4.69) is 6.58 Å². The summed E-state index contributed by atoms with van der Waals surface area (Å²) in [6, 6.07) is 1.54. The largest absolute Gasteiger partial charge is 0.416 e. The summed E-state index contributed by atoms with van der Waals surface area (Å²) in [4.78, 5) is 0. The van der Waals surface area contributed by atoms with Crippen molar-refractivity contribution in [3.05, 3.63) is 39.9 Å². The lowest BCUT2D eigenvalue weighted by Crippen LogP contribution is -2.09. The summed E-state index contributed by atoms with van der Waals surface area (Å²) in [5, 5.41) is -1.04. The van der Waals surface area contributed by atoms with Gasteiger partial charge in [-0.3, -0.25) is 0 Å². The summed E-state index contributed by atoms with van der Waals surface area (Å²) in [6.07, 6.45) is -7.62. The lowest BCUT2D eigenvalue weighted by atomic mass is 10.0. The molecule has 1 rings (SSSR count). The quantitative estimate of drug-likeness (QED) is 0.630. The second-order valence-electron chi connectivity index (χ2n) is 3.13. The van der Waals surface area contributed by atoms with E-state index in [9.17, 15) is 22.0 Å². The molecule has 0 saturated carbocycles. The van der Waals surface area contributed by atoms with Gasteiger partial charge in [-0.05, 0) is 17.7 Å². The van der Waals surface area contributed by atoms with Crippen LogP contribution in [0.15, 0.2) is 18.7 Å². The van der Waals surface area contributed by atoms with E-state index in [1.165, 1.54) is 0 Å². The third-order valence-corrected chi connectivity index (χ3v) is 2.61. The van der Waals surface area contributed by atoms with Crippen molar-refractivity contribution in [3.63, 3.8) is 0 Å². The van der Waals surface area contributed by atoms with Crippen molar-refractivity contribution in [1.29, 1.82) is 0 Å². The molecule has 1 aromatic rings. The Morgan fingerprint density at radius 3 is 1.82 bits per heavy atom. The van der Waals surface area contributed by atoms with Crippen LogP contribution in [0.1, 0.15) is 17.6 Å². The third kappa shape index (κ3) is 3.10. The first-order valence-electron chi connectivity index (χ1n) is 4.18. The van der Waals surface area contributed by atoms with E-state index in [-0.39, 0.29) is 0 Å². The molecule has 0 spiro atoms. The van der Waals surface area contributed by atoms with Gasteiger partial charge in [0.05, 0.1) is 21.2 Å². The van der Waals surface area contributed by atoms with Crippen molar-refractivity contribution in [2.24, 2.45) is 0 Å². The molecule has 0 N–H and O–H groups in total. The zero-order valence-corrected chi connectivity index (χ0v) is 9.60. The van der Waals surface area contributed by atoms with Gasteiger partial charge in [-0.15, -0.1) is 0 Å². The Hall–Kier alpha value is -0.810. The van der Waals surface area contributed by atoms with Crippen molar-refractivity contribution >= 4 is 28.8 Å².